The summed E-state index contributed by atoms with van der Waals surface area (Å²) in [5.74, 6) is 1.19. The lowest BCUT2D eigenvalue weighted by molar-refractivity contribution is 0.0970. The number of ether oxygens (including phenoxy) is 3. The summed E-state index contributed by atoms with van der Waals surface area (Å²) < 4.78 is 22.5. The first kappa shape index (κ1) is 21.5. The van der Waals surface area contributed by atoms with E-state index in [9.17, 15) is 9.59 Å². The van der Waals surface area contributed by atoms with Gasteiger partial charge in [0.2, 0.25) is 11.5 Å². The Bertz CT molecular complexity index is 1470. The number of hydrogen-bond donors (Lipinski definition) is 0. The fourth-order valence-electron chi connectivity index (χ4n) is 4.44. The standard InChI is InChI=1S/C26H22N2O6/c1-14-8-7-11-27-25(14)28-21(15-12-18(31-2)23(33-4)19(13-15)32-3)20-22(29)16-9-5-6-10-17(16)34-24(20)26(28)30/h5-13,21H,1-4H3. The third kappa shape index (κ3) is 3.10. The second-order valence-corrected chi connectivity index (χ2v) is 7.85. The minimum atomic E-state index is -0.814. The molecule has 0 saturated carbocycles. The van der Waals surface area contributed by atoms with E-state index in [1.54, 1.807) is 48.7 Å². The Hall–Kier alpha value is -4.33. The van der Waals surface area contributed by atoms with E-state index < -0.39 is 11.9 Å². The van der Waals surface area contributed by atoms with E-state index in [0.717, 1.165) is 5.56 Å². The lowest BCUT2D eigenvalue weighted by Crippen LogP contribution is -2.31. The molecule has 0 saturated heterocycles. The molecule has 1 atom stereocenters. The highest BCUT2D eigenvalue weighted by atomic mass is 16.5. The molecule has 2 aromatic heterocycles. The average molecular weight is 458 g/mol. The lowest BCUT2D eigenvalue weighted by atomic mass is 9.97. The van der Waals surface area contributed by atoms with E-state index in [2.05, 4.69) is 4.98 Å². The topological polar surface area (TPSA) is 91.1 Å². The van der Waals surface area contributed by atoms with Crippen LogP contribution in [0.1, 0.15) is 33.3 Å². The number of benzene rings is 2. The van der Waals surface area contributed by atoms with Crippen LogP contribution in [0.3, 0.4) is 0 Å². The fourth-order valence-corrected chi connectivity index (χ4v) is 4.44. The number of aryl methyl sites for hydroxylation is 1. The number of pyridine rings is 1. The van der Waals surface area contributed by atoms with Crippen LogP contribution in [0.15, 0.2) is 63.9 Å². The van der Waals surface area contributed by atoms with Crippen molar-refractivity contribution in [3.8, 4) is 17.2 Å². The smallest absolute Gasteiger partial charge is 0.296 e. The molecule has 3 heterocycles. The molecule has 1 aliphatic rings. The number of aromatic nitrogens is 1. The van der Waals surface area contributed by atoms with Gasteiger partial charge in [0.05, 0.1) is 38.3 Å². The van der Waals surface area contributed by atoms with Crippen LogP contribution in [-0.4, -0.2) is 32.2 Å². The van der Waals surface area contributed by atoms with E-state index in [1.165, 1.54) is 26.2 Å². The Morgan fingerprint density at radius 1 is 0.941 bits per heavy atom. The van der Waals surface area contributed by atoms with Crippen molar-refractivity contribution in [2.45, 2.75) is 13.0 Å². The molecule has 1 aliphatic heterocycles. The minimum absolute atomic E-state index is 0.00694. The van der Waals surface area contributed by atoms with E-state index in [0.29, 0.717) is 39.6 Å². The van der Waals surface area contributed by atoms with Gasteiger partial charge in [-0.2, -0.15) is 0 Å². The molecule has 0 fully saturated rings. The summed E-state index contributed by atoms with van der Waals surface area (Å²) >= 11 is 0. The molecule has 172 valence electrons. The van der Waals surface area contributed by atoms with Gasteiger partial charge in [-0.05, 0) is 48.4 Å². The number of carbonyl (C=O) groups is 1. The number of amides is 1. The van der Waals surface area contributed by atoms with Gasteiger partial charge in [0.1, 0.15) is 11.4 Å². The molecule has 34 heavy (non-hydrogen) atoms. The van der Waals surface area contributed by atoms with Crippen molar-refractivity contribution in [1.82, 2.24) is 4.98 Å². The monoisotopic (exact) mass is 458 g/mol. The maximum Gasteiger partial charge on any atom is 0.296 e. The fraction of sp³-hybridized carbons (Fsp3) is 0.192. The lowest BCUT2D eigenvalue weighted by Gasteiger charge is -2.26. The van der Waals surface area contributed by atoms with Gasteiger partial charge >= 0.3 is 0 Å². The van der Waals surface area contributed by atoms with Gasteiger partial charge in [0.25, 0.3) is 5.91 Å². The number of rotatable bonds is 5. The predicted molar refractivity (Wildman–Crippen MR) is 126 cm³/mol. The van der Waals surface area contributed by atoms with Crippen molar-refractivity contribution in [2.24, 2.45) is 0 Å². The highest BCUT2D eigenvalue weighted by molar-refractivity contribution is 6.10. The number of methoxy groups -OCH3 is 3. The summed E-state index contributed by atoms with van der Waals surface area (Å²) in [5, 5.41) is 0.395. The Kier molecular flexibility index (Phi) is 5.20. The first-order chi connectivity index (χ1) is 16.5. The summed E-state index contributed by atoms with van der Waals surface area (Å²) in [4.78, 5) is 33.4. The summed E-state index contributed by atoms with van der Waals surface area (Å²) in [6, 6.07) is 13.2. The normalized spacial score (nSPS) is 14.9. The summed E-state index contributed by atoms with van der Waals surface area (Å²) in [5.41, 5.74) is 1.68. The third-order valence-electron chi connectivity index (χ3n) is 5.99. The van der Waals surface area contributed by atoms with Crippen LogP contribution >= 0.6 is 0 Å². The zero-order chi connectivity index (χ0) is 24.0. The molecule has 0 radical (unpaired) electrons. The summed E-state index contributed by atoms with van der Waals surface area (Å²) in [7, 11) is 4.54. The van der Waals surface area contributed by atoms with Crippen LogP contribution in [0.2, 0.25) is 0 Å². The van der Waals surface area contributed by atoms with Gasteiger partial charge in [0, 0.05) is 6.20 Å². The van der Waals surface area contributed by atoms with Gasteiger partial charge in [-0.25, -0.2) is 4.98 Å². The molecular formula is C26H22N2O6. The summed E-state index contributed by atoms with van der Waals surface area (Å²) in [6.45, 7) is 1.86. The van der Waals surface area contributed by atoms with Crippen LogP contribution in [0.4, 0.5) is 5.82 Å². The molecule has 8 nitrogen and oxygen atoms in total. The van der Waals surface area contributed by atoms with Crippen molar-refractivity contribution >= 4 is 22.7 Å². The molecule has 1 unspecified atom stereocenters. The zero-order valence-electron chi connectivity index (χ0n) is 19.1. The third-order valence-corrected chi connectivity index (χ3v) is 5.99. The number of para-hydroxylation sites is 1. The molecular weight excluding hydrogens is 436 g/mol. The Morgan fingerprint density at radius 3 is 2.29 bits per heavy atom. The van der Waals surface area contributed by atoms with Gasteiger partial charge in [0.15, 0.2) is 16.9 Å². The molecule has 0 N–H and O–H groups in total. The molecule has 0 spiro atoms. The minimum Gasteiger partial charge on any atom is -0.493 e. The molecule has 2 aromatic carbocycles. The van der Waals surface area contributed by atoms with Crippen molar-refractivity contribution in [3.05, 3.63) is 87.4 Å². The largest absolute Gasteiger partial charge is 0.493 e. The van der Waals surface area contributed by atoms with Crippen molar-refractivity contribution in [3.63, 3.8) is 0 Å². The number of nitrogens with zero attached hydrogens (tertiary/aromatic N) is 2. The number of fused-ring (bicyclic) bond motifs is 2. The number of hydrogen-bond acceptors (Lipinski definition) is 7. The molecule has 5 rings (SSSR count). The second kappa shape index (κ2) is 8.22. The Balaban J connectivity index is 1.85. The van der Waals surface area contributed by atoms with Crippen LogP contribution in [0, 0.1) is 6.92 Å². The van der Waals surface area contributed by atoms with Crippen molar-refractivity contribution in [2.75, 3.05) is 26.2 Å². The van der Waals surface area contributed by atoms with Crippen LogP contribution in [-0.2, 0) is 0 Å². The van der Waals surface area contributed by atoms with Crippen LogP contribution < -0.4 is 24.5 Å². The predicted octanol–water partition coefficient (Wildman–Crippen LogP) is 4.27. The van der Waals surface area contributed by atoms with E-state index in [1.807, 2.05) is 13.0 Å². The van der Waals surface area contributed by atoms with Gasteiger partial charge < -0.3 is 18.6 Å². The zero-order valence-corrected chi connectivity index (χ0v) is 19.1. The van der Waals surface area contributed by atoms with E-state index in [-0.39, 0.29) is 16.8 Å². The molecule has 4 aromatic rings. The van der Waals surface area contributed by atoms with E-state index in [4.69, 9.17) is 18.6 Å². The highest BCUT2D eigenvalue weighted by Crippen LogP contribution is 2.46. The van der Waals surface area contributed by atoms with Crippen LogP contribution in [0.25, 0.3) is 11.0 Å². The maximum absolute atomic E-state index is 13.7. The molecule has 8 heteroatoms. The number of anilines is 1. The Morgan fingerprint density at radius 2 is 1.65 bits per heavy atom. The van der Waals surface area contributed by atoms with Gasteiger partial charge in [-0.1, -0.05) is 18.2 Å². The molecule has 1 amide bonds. The van der Waals surface area contributed by atoms with E-state index >= 15 is 0 Å². The van der Waals surface area contributed by atoms with Crippen LogP contribution in [0.5, 0.6) is 17.2 Å². The maximum atomic E-state index is 13.7. The molecule has 0 aliphatic carbocycles. The first-order valence-corrected chi connectivity index (χ1v) is 10.6. The van der Waals surface area contributed by atoms with Crippen molar-refractivity contribution in [1.29, 1.82) is 0 Å². The SMILES string of the molecule is COc1cc(C2c3c(oc4ccccc4c3=O)C(=O)N2c2ncccc2C)cc(OC)c1OC. The second-order valence-electron chi connectivity index (χ2n) is 7.85. The number of carbonyl (C=O) groups excluding carboxylic acids is 1. The first-order valence-electron chi connectivity index (χ1n) is 10.6. The Labute approximate surface area is 195 Å². The van der Waals surface area contributed by atoms with Gasteiger partial charge in [-0.3, -0.25) is 14.5 Å². The average Bonchev–Trinajstić information content (AvgIpc) is 3.15. The summed E-state index contributed by atoms with van der Waals surface area (Å²) in [6.07, 6.45) is 1.61. The molecule has 0 bridgehead atoms. The quantitative estimate of drug-likeness (QED) is 0.441. The van der Waals surface area contributed by atoms with Crippen molar-refractivity contribution < 1.29 is 23.4 Å². The van der Waals surface area contributed by atoms with Gasteiger partial charge in [-0.15, -0.1) is 0 Å². The highest BCUT2D eigenvalue weighted by Gasteiger charge is 2.45.